The second-order valence-corrected chi connectivity index (χ2v) is 11.0. The first-order valence-electron chi connectivity index (χ1n) is 13.4. The minimum atomic E-state index is -4.52. The predicted molar refractivity (Wildman–Crippen MR) is 136 cm³/mol. The molecular weight excluding hydrogens is 535 g/mol. The topological polar surface area (TPSA) is 93.7 Å². The highest BCUT2D eigenvalue weighted by molar-refractivity contribution is 5.85. The van der Waals surface area contributed by atoms with E-state index in [9.17, 15) is 31.5 Å². The lowest BCUT2D eigenvalue weighted by atomic mass is 9.84. The van der Waals surface area contributed by atoms with Gasteiger partial charge < -0.3 is 9.80 Å². The number of amides is 1. The van der Waals surface area contributed by atoms with Crippen molar-refractivity contribution >= 4 is 11.7 Å². The van der Waals surface area contributed by atoms with E-state index >= 15 is 0 Å². The van der Waals surface area contributed by atoms with Crippen LogP contribution in [0.1, 0.15) is 68.4 Å². The third-order valence-electron chi connectivity index (χ3n) is 8.59. The van der Waals surface area contributed by atoms with E-state index in [1.165, 1.54) is 23.2 Å². The molecule has 1 amide bonds. The number of hydrogen-bond donors (Lipinski definition) is 2. The van der Waals surface area contributed by atoms with Gasteiger partial charge in [-0.05, 0) is 56.2 Å². The van der Waals surface area contributed by atoms with Crippen molar-refractivity contribution < 1.29 is 26.7 Å². The molecule has 0 aliphatic carbocycles. The molecule has 13 heteroatoms. The highest BCUT2D eigenvalue weighted by Crippen LogP contribution is 2.43. The lowest BCUT2D eigenvalue weighted by Gasteiger charge is -2.42. The first-order valence-corrected chi connectivity index (χ1v) is 13.4. The van der Waals surface area contributed by atoms with Crippen molar-refractivity contribution in [3.63, 3.8) is 0 Å². The lowest BCUT2D eigenvalue weighted by molar-refractivity contribution is -0.135. The number of carbonyl (C=O) groups excluding carboxylic acids is 1. The average molecular weight is 567 g/mol. The maximum Gasteiger partial charge on any atom is 0.396 e. The Morgan fingerprint density at radius 3 is 2.52 bits per heavy atom. The number of piperidine rings is 1. The van der Waals surface area contributed by atoms with Gasteiger partial charge >= 0.3 is 6.18 Å². The second kappa shape index (κ2) is 10.8. The van der Waals surface area contributed by atoms with E-state index in [0.717, 1.165) is 6.07 Å². The van der Waals surface area contributed by atoms with E-state index in [0.29, 0.717) is 44.3 Å². The SMILES string of the molecule is CC12NN=C(CC(F)(F)F)N1C[C@H](c1cccc(F)c1F)CC[C@H]2CC(=O)N1CCC(c2ccn[nH]c2=O)CC1. The van der Waals surface area contributed by atoms with Gasteiger partial charge in [-0.25, -0.2) is 13.9 Å². The fourth-order valence-corrected chi connectivity index (χ4v) is 6.33. The molecule has 1 unspecified atom stereocenters. The van der Waals surface area contributed by atoms with Crippen LogP contribution in [0.3, 0.4) is 0 Å². The molecule has 1 aromatic carbocycles. The van der Waals surface area contributed by atoms with Crippen LogP contribution in [0.5, 0.6) is 0 Å². The number of aromatic nitrogens is 2. The lowest BCUT2D eigenvalue weighted by Crippen LogP contribution is -2.57. The van der Waals surface area contributed by atoms with Gasteiger partial charge in [-0.2, -0.15) is 23.4 Å². The van der Waals surface area contributed by atoms with Crippen LogP contribution in [-0.2, 0) is 4.79 Å². The molecule has 4 heterocycles. The van der Waals surface area contributed by atoms with Crippen molar-refractivity contribution in [2.75, 3.05) is 19.6 Å². The van der Waals surface area contributed by atoms with E-state index in [4.69, 9.17) is 0 Å². The Hall–Kier alpha value is -3.51. The van der Waals surface area contributed by atoms with Gasteiger partial charge in [0.05, 0.1) is 0 Å². The maximum atomic E-state index is 14.8. The van der Waals surface area contributed by atoms with Gasteiger partial charge in [0.2, 0.25) is 5.91 Å². The van der Waals surface area contributed by atoms with Crippen molar-refractivity contribution in [1.82, 2.24) is 25.4 Å². The number of nitrogens with one attached hydrogen (secondary N) is 2. The first kappa shape index (κ1) is 28.0. The number of rotatable bonds is 5. The molecule has 8 nitrogen and oxygen atoms in total. The zero-order valence-corrected chi connectivity index (χ0v) is 22.0. The molecule has 3 atom stereocenters. The number of likely N-dealkylation sites (tertiary alicyclic amines) is 1. The normalized spacial score (nSPS) is 25.7. The highest BCUT2D eigenvalue weighted by atomic mass is 19.4. The number of hydrogen-bond acceptors (Lipinski definition) is 6. The summed E-state index contributed by atoms with van der Waals surface area (Å²) in [4.78, 5) is 28.8. The third-order valence-corrected chi connectivity index (χ3v) is 8.59. The van der Waals surface area contributed by atoms with Crippen LogP contribution in [0.2, 0.25) is 0 Å². The van der Waals surface area contributed by atoms with Crippen LogP contribution < -0.4 is 11.0 Å². The standard InChI is InChI=1S/C27H31F5N6O2/c1-26-18(13-23(39)37-11-8-16(9-12-37)20-7-10-33-35-25(20)40)6-5-17(19-3-2-4-21(28)24(19)29)15-38(26)22(34-36-26)14-27(30,31)32/h2-4,7,10,16-18,36H,5-6,8-9,11-15H2,1H3,(H,35,40)/t17-,18+,26?/m1/s1. The second-order valence-electron chi connectivity index (χ2n) is 11.0. The number of amidine groups is 1. The zero-order valence-electron chi connectivity index (χ0n) is 22.0. The van der Waals surface area contributed by atoms with Crippen LogP contribution >= 0.6 is 0 Å². The predicted octanol–water partition coefficient (Wildman–Crippen LogP) is 4.23. The molecule has 2 saturated heterocycles. The van der Waals surface area contributed by atoms with Gasteiger partial charge in [-0.1, -0.05) is 12.1 Å². The molecule has 40 heavy (non-hydrogen) atoms. The smallest absolute Gasteiger partial charge is 0.343 e. The number of aromatic amines is 1. The van der Waals surface area contributed by atoms with Crippen molar-refractivity contribution in [3.05, 3.63) is 63.6 Å². The number of H-pyrrole nitrogens is 1. The minimum absolute atomic E-state index is 0.00145. The van der Waals surface area contributed by atoms with Crippen LogP contribution in [0.25, 0.3) is 0 Å². The molecule has 0 saturated carbocycles. The van der Waals surface area contributed by atoms with E-state index in [1.54, 1.807) is 17.9 Å². The van der Waals surface area contributed by atoms with Crippen molar-refractivity contribution in [1.29, 1.82) is 0 Å². The number of hydrazone groups is 1. The summed E-state index contributed by atoms with van der Waals surface area (Å²) in [6, 6.07) is 5.52. The molecule has 3 aliphatic heterocycles. The number of fused-ring (bicyclic) bond motifs is 1. The van der Waals surface area contributed by atoms with Gasteiger partial charge in [0.15, 0.2) is 11.6 Å². The van der Waals surface area contributed by atoms with Gasteiger partial charge in [0.25, 0.3) is 5.56 Å². The molecule has 2 aromatic rings. The number of carbonyl (C=O) groups is 1. The molecular formula is C27H31F5N6O2. The van der Waals surface area contributed by atoms with Gasteiger partial charge in [-0.3, -0.25) is 15.0 Å². The summed E-state index contributed by atoms with van der Waals surface area (Å²) in [5, 5.41) is 10.2. The summed E-state index contributed by atoms with van der Waals surface area (Å²) in [6.45, 7) is 2.59. The molecule has 1 aromatic heterocycles. The Kier molecular flexibility index (Phi) is 7.58. The van der Waals surface area contributed by atoms with Crippen molar-refractivity contribution in [2.45, 2.75) is 69.1 Å². The molecule has 0 radical (unpaired) electrons. The summed E-state index contributed by atoms with van der Waals surface area (Å²) in [5.41, 5.74) is 2.24. The third kappa shape index (κ3) is 5.55. The Morgan fingerprint density at radius 1 is 1.07 bits per heavy atom. The van der Waals surface area contributed by atoms with E-state index in [1.807, 2.05) is 0 Å². The molecule has 5 rings (SSSR count). The van der Waals surface area contributed by atoms with Gasteiger partial charge in [0, 0.05) is 49.7 Å². The Balaban J connectivity index is 1.34. The van der Waals surface area contributed by atoms with Gasteiger partial charge in [-0.15, -0.1) is 0 Å². The Morgan fingerprint density at radius 2 is 1.82 bits per heavy atom. The number of nitrogens with zero attached hydrogens (tertiary/aromatic N) is 4. The quantitative estimate of drug-likeness (QED) is 0.529. The van der Waals surface area contributed by atoms with Crippen LogP contribution in [0.4, 0.5) is 22.0 Å². The van der Waals surface area contributed by atoms with Crippen molar-refractivity contribution in [3.8, 4) is 0 Å². The molecule has 3 aliphatic rings. The first-order chi connectivity index (χ1) is 19.0. The number of halogens is 5. The molecule has 0 bridgehead atoms. The highest BCUT2D eigenvalue weighted by Gasteiger charge is 2.51. The zero-order chi connectivity index (χ0) is 28.7. The summed E-state index contributed by atoms with van der Waals surface area (Å²) in [6.07, 6.45) is -2.27. The monoisotopic (exact) mass is 566 g/mol. The summed E-state index contributed by atoms with van der Waals surface area (Å²) < 4.78 is 69.1. The summed E-state index contributed by atoms with van der Waals surface area (Å²) >= 11 is 0. The molecule has 216 valence electrons. The van der Waals surface area contributed by atoms with E-state index in [-0.39, 0.29) is 41.7 Å². The van der Waals surface area contributed by atoms with Crippen molar-refractivity contribution in [2.24, 2.45) is 11.0 Å². The van der Waals surface area contributed by atoms with Crippen LogP contribution in [-0.4, -0.2) is 63.2 Å². The molecule has 2 N–H and O–H groups in total. The fourth-order valence-electron chi connectivity index (χ4n) is 6.33. The Labute approximate surface area is 227 Å². The van der Waals surface area contributed by atoms with E-state index < -0.39 is 41.7 Å². The Bertz CT molecular complexity index is 1340. The van der Waals surface area contributed by atoms with Crippen LogP contribution in [0.15, 0.2) is 40.4 Å². The molecule has 2 fully saturated rings. The largest absolute Gasteiger partial charge is 0.396 e. The number of benzene rings is 1. The summed E-state index contributed by atoms with van der Waals surface area (Å²) in [7, 11) is 0. The minimum Gasteiger partial charge on any atom is -0.343 e. The van der Waals surface area contributed by atoms with Crippen LogP contribution in [0, 0.1) is 17.6 Å². The summed E-state index contributed by atoms with van der Waals surface area (Å²) in [5.74, 6) is -3.45. The average Bonchev–Trinajstić information content (AvgIpc) is 3.13. The molecule has 0 spiro atoms. The van der Waals surface area contributed by atoms with E-state index in [2.05, 4.69) is 20.7 Å². The maximum absolute atomic E-state index is 14.8. The van der Waals surface area contributed by atoms with Gasteiger partial charge in [0.1, 0.15) is 17.9 Å². The fraction of sp³-hybridized carbons (Fsp3) is 0.556. The number of alkyl halides is 3.